The molecule has 1 heterocycles. The van der Waals surface area contributed by atoms with E-state index in [4.69, 9.17) is 23.2 Å². The molecule has 9 heteroatoms. The number of nitrogens with zero attached hydrogens (tertiary/aromatic N) is 3. The van der Waals surface area contributed by atoms with Crippen molar-refractivity contribution in [3.63, 3.8) is 0 Å². The lowest BCUT2D eigenvalue weighted by Crippen LogP contribution is -2.23. The Morgan fingerprint density at radius 1 is 1.10 bits per heavy atom. The molecule has 0 fully saturated rings. The van der Waals surface area contributed by atoms with Crippen molar-refractivity contribution < 1.29 is 9.59 Å². The molecule has 2 aromatic carbocycles. The smallest absolute Gasteiger partial charge is 0.216 e. The maximum absolute atomic E-state index is 12.5. The van der Waals surface area contributed by atoms with Crippen LogP contribution in [-0.4, -0.2) is 38.8 Å². The van der Waals surface area contributed by atoms with Crippen molar-refractivity contribution >= 4 is 46.7 Å². The Hall–Kier alpha value is -2.35. The monoisotopic (exact) mass is 462 g/mol. The number of amides is 1. The number of Topliss-reactive ketones (excluding diaryl/α,β-unsaturated/α-hetero) is 1. The molecular formula is C21H20Cl2N4O2S. The summed E-state index contributed by atoms with van der Waals surface area (Å²) in [6.45, 7) is 3.83. The van der Waals surface area contributed by atoms with Crippen LogP contribution < -0.4 is 5.32 Å². The Morgan fingerprint density at radius 3 is 2.50 bits per heavy atom. The Bertz CT molecular complexity index is 1070. The summed E-state index contributed by atoms with van der Waals surface area (Å²) in [5.41, 5.74) is 2.34. The van der Waals surface area contributed by atoms with E-state index >= 15 is 0 Å². The standard InChI is InChI=1S/C21H20Cl2N4O2S/c1-13-3-8-17(11-18(13)23)27-20(9-10-24-14(2)28)25-26-21(27)30-12-19(29)15-4-6-16(22)7-5-15/h3-8,11H,9-10,12H2,1-2H3,(H,24,28). The number of thioether (sulfide) groups is 1. The van der Waals surface area contributed by atoms with Crippen molar-refractivity contribution in [1.29, 1.82) is 0 Å². The predicted octanol–water partition coefficient (Wildman–Crippen LogP) is 4.54. The Balaban J connectivity index is 1.84. The molecule has 3 rings (SSSR count). The summed E-state index contributed by atoms with van der Waals surface area (Å²) in [5.74, 6) is 0.728. The molecule has 0 atom stereocenters. The lowest BCUT2D eigenvalue weighted by molar-refractivity contribution is -0.118. The number of carbonyl (C=O) groups excluding carboxylic acids is 2. The molecule has 1 amide bonds. The first-order chi connectivity index (χ1) is 14.3. The lowest BCUT2D eigenvalue weighted by Gasteiger charge is -2.12. The third-order valence-electron chi connectivity index (χ3n) is 4.34. The number of halogens is 2. The first kappa shape index (κ1) is 22.3. The quantitative estimate of drug-likeness (QED) is 0.392. The van der Waals surface area contributed by atoms with Gasteiger partial charge in [-0.3, -0.25) is 14.2 Å². The van der Waals surface area contributed by atoms with Gasteiger partial charge in [0.25, 0.3) is 0 Å². The molecule has 0 spiro atoms. The summed E-state index contributed by atoms with van der Waals surface area (Å²) in [6, 6.07) is 12.5. The van der Waals surface area contributed by atoms with Gasteiger partial charge in [-0.1, -0.05) is 41.0 Å². The number of ketones is 1. The molecule has 6 nitrogen and oxygen atoms in total. The van der Waals surface area contributed by atoms with Crippen LogP contribution in [0.2, 0.25) is 10.0 Å². The van der Waals surface area contributed by atoms with Crippen molar-refractivity contribution in [3.05, 3.63) is 69.5 Å². The summed E-state index contributed by atoms with van der Waals surface area (Å²) >= 11 is 13.5. The third-order valence-corrected chi connectivity index (χ3v) is 5.92. The first-order valence-corrected chi connectivity index (χ1v) is 11.0. The minimum Gasteiger partial charge on any atom is -0.356 e. The second-order valence-corrected chi connectivity index (χ2v) is 8.41. The molecule has 30 heavy (non-hydrogen) atoms. The van der Waals surface area contributed by atoms with Gasteiger partial charge in [-0.15, -0.1) is 10.2 Å². The van der Waals surface area contributed by atoms with Crippen LogP contribution in [0.25, 0.3) is 5.69 Å². The Morgan fingerprint density at radius 2 is 1.83 bits per heavy atom. The first-order valence-electron chi connectivity index (χ1n) is 9.22. The number of aryl methyl sites for hydroxylation is 1. The molecule has 0 bridgehead atoms. The van der Waals surface area contributed by atoms with Gasteiger partial charge in [0.2, 0.25) is 5.91 Å². The van der Waals surface area contributed by atoms with Gasteiger partial charge in [0.15, 0.2) is 10.9 Å². The summed E-state index contributed by atoms with van der Waals surface area (Å²) in [7, 11) is 0. The molecule has 0 aliphatic heterocycles. The molecule has 0 unspecified atom stereocenters. The van der Waals surface area contributed by atoms with Crippen LogP contribution in [0.3, 0.4) is 0 Å². The van der Waals surface area contributed by atoms with Crippen LogP contribution in [-0.2, 0) is 11.2 Å². The summed E-state index contributed by atoms with van der Waals surface area (Å²) in [6.07, 6.45) is 0.490. The van der Waals surface area contributed by atoms with Gasteiger partial charge in [-0.25, -0.2) is 0 Å². The molecule has 0 saturated carbocycles. The SMILES string of the molecule is CC(=O)NCCc1nnc(SCC(=O)c2ccc(Cl)cc2)n1-c1ccc(C)c(Cl)c1. The van der Waals surface area contributed by atoms with Crippen molar-refractivity contribution in [2.24, 2.45) is 0 Å². The van der Waals surface area contributed by atoms with Crippen LogP contribution in [0, 0.1) is 6.92 Å². The highest BCUT2D eigenvalue weighted by Gasteiger charge is 2.17. The van der Waals surface area contributed by atoms with Crippen molar-refractivity contribution in [1.82, 2.24) is 20.1 Å². The fourth-order valence-electron chi connectivity index (χ4n) is 2.74. The van der Waals surface area contributed by atoms with Gasteiger partial charge >= 0.3 is 0 Å². The number of hydrogen-bond donors (Lipinski definition) is 1. The highest BCUT2D eigenvalue weighted by Crippen LogP contribution is 2.26. The second-order valence-electron chi connectivity index (χ2n) is 6.62. The molecule has 0 aliphatic carbocycles. The summed E-state index contributed by atoms with van der Waals surface area (Å²) in [4.78, 5) is 23.7. The van der Waals surface area contributed by atoms with E-state index < -0.39 is 0 Å². The highest BCUT2D eigenvalue weighted by atomic mass is 35.5. The zero-order valence-electron chi connectivity index (χ0n) is 16.5. The van der Waals surface area contributed by atoms with Crippen LogP contribution in [0.1, 0.15) is 28.7 Å². The van der Waals surface area contributed by atoms with Gasteiger partial charge in [0.05, 0.1) is 11.4 Å². The minimum absolute atomic E-state index is 0.0343. The number of nitrogens with one attached hydrogen (secondary N) is 1. The zero-order chi connectivity index (χ0) is 21.7. The minimum atomic E-state index is -0.109. The Kier molecular flexibility index (Phi) is 7.53. The van der Waals surface area contributed by atoms with Crippen molar-refractivity contribution in [2.75, 3.05) is 12.3 Å². The molecule has 0 aliphatic rings. The van der Waals surface area contributed by atoms with E-state index in [0.717, 1.165) is 11.3 Å². The van der Waals surface area contributed by atoms with Crippen LogP contribution in [0.4, 0.5) is 0 Å². The molecule has 3 aromatic rings. The predicted molar refractivity (Wildman–Crippen MR) is 120 cm³/mol. The van der Waals surface area contributed by atoms with Gasteiger partial charge in [0.1, 0.15) is 5.82 Å². The van der Waals surface area contributed by atoms with E-state index in [9.17, 15) is 9.59 Å². The van der Waals surface area contributed by atoms with E-state index in [1.54, 1.807) is 24.3 Å². The van der Waals surface area contributed by atoms with Crippen molar-refractivity contribution in [3.8, 4) is 5.69 Å². The zero-order valence-corrected chi connectivity index (χ0v) is 18.8. The molecule has 1 aromatic heterocycles. The number of carbonyl (C=O) groups is 2. The van der Waals surface area contributed by atoms with Gasteiger partial charge < -0.3 is 5.32 Å². The normalized spacial score (nSPS) is 10.8. The maximum atomic E-state index is 12.5. The molecule has 0 saturated heterocycles. The number of rotatable bonds is 8. The molecular weight excluding hydrogens is 443 g/mol. The molecule has 0 radical (unpaired) electrons. The molecule has 156 valence electrons. The van der Waals surface area contributed by atoms with Gasteiger partial charge in [0, 0.05) is 35.5 Å². The number of benzene rings is 2. The van der Waals surface area contributed by atoms with Crippen LogP contribution in [0.15, 0.2) is 47.6 Å². The largest absolute Gasteiger partial charge is 0.356 e. The summed E-state index contributed by atoms with van der Waals surface area (Å²) in [5, 5.41) is 13.1. The van der Waals surface area contributed by atoms with E-state index in [1.165, 1.54) is 18.7 Å². The van der Waals surface area contributed by atoms with Gasteiger partial charge in [-0.05, 0) is 48.9 Å². The van der Waals surface area contributed by atoms with Crippen LogP contribution in [0.5, 0.6) is 0 Å². The fraction of sp³-hybridized carbons (Fsp3) is 0.238. The molecule has 1 N–H and O–H groups in total. The van der Waals surface area contributed by atoms with E-state index in [-0.39, 0.29) is 17.4 Å². The van der Waals surface area contributed by atoms with Gasteiger partial charge in [-0.2, -0.15) is 0 Å². The maximum Gasteiger partial charge on any atom is 0.216 e. The van der Waals surface area contributed by atoms with E-state index in [2.05, 4.69) is 15.5 Å². The third kappa shape index (κ3) is 5.62. The van der Waals surface area contributed by atoms with Crippen LogP contribution >= 0.6 is 35.0 Å². The number of hydrogen-bond acceptors (Lipinski definition) is 5. The Labute approximate surface area is 189 Å². The van der Waals surface area contributed by atoms with Crippen molar-refractivity contribution in [2.45, 2.75) is 25.4 Å². The second kappa shape index (κ2) is 10.1. The average Bonchev–Trinajstić information content (AvgIpc) is 3.11. The highest BCUT2D eigenvalue weighted by molar-refractivity contribution is 7.99. The summed E-state index contributed by atoms with van der Waals surface area (Å²) < 4.78 is 1.87. The number of aromatic nitrogens is 3. The average molecular weight is 463 g/mol. The topological polar surface area (TPSA) is 76.9 Å². The van der Waals surface area contributed by atoms with E-state index in [0.29, 0.717) is 39.6 Å². The lowest BCUT2D eigenvalue weighted by atomic mass is 10.1. The van der Waals surface area contributed by atoms with E-state index in [1.807, 2.05) is 29.7 Å². The fourth-order valence-corrected chi connectivity index (χ4v) is 3.90.